The summed E-state index contributed by atoms with van der Waals surface area (Å²) in [6.45, 7) is 0.221. The zero-order valence-corrected chi connectivity index (χ0v) is 16.7. The van der Waals surface area contributed by atoms with Gasteiger partial charge in [-0.15, -0.1) is 15.0 Å². The maximum Gasteiger partial charge on any atom is 0.411 e. The highest BCUT2D eigenvalue weighted by molar-refractivity contribution is 5.85. The third-order valence-electron chi connectivity index (χ3n) is 5.29. The lowest BCUT2D eigenvalue weighted by Crippen LogP contribution is -2.17. The first-order chi connectivity index (χ1) is 15.6. The van der Waals surface area contributed by atoms with Crippen molar-refractivity contribution in [3.63, 3.8) is 0 Å². The predicted molar refractivity (Wildman–Crippen MR) is 115 cm³/mol. The average Bonchev–Trinajstić information content (AvgIpc) is 3.42. The van der Waals surface area contributed by atoms with E-state index in [1.54, 1.807) is 24.3 Å². The average molecular weight is 427 g/mol. The number of anilines is 1. The molecule has 0 unspecified atom stereocenters. The van der Waals surface area contributed by atoms with Gasteiger partial charge in [0.15, 0.2) is 0 Å². The molecule has 0 atom stereocenters. The lowest BCUT2D eigenvalue weighted by molar-refractivity contribution is 0.0683. The molecular weight excluding hydrogens is 410 g/mol. The number of nitrogens with one attached hydrogen (secondary N) is 1. The molecule has 2 N–H and O–H groups in total. The second kappa shape index (κ2) is 7.95. The van der Waals surface area contributed by atoms with Crippen molar-refractivity contribution in [2.75, 3.05) is 11.9 Å². The lowest BCUT2D eigenvalue weighted by Gasteiger charge is -2.14. The van der Waals surface area contributed by atoms with Crippen LogP contribution < -0.4 is 5.32 Å². The van der Waals surface area contributed by atoms with E-state index in [9.17, 15) is 9.59 Å². The molecule has 32 heavy (non-hydrogen) atoms. The monoisotopic (exact) mass is 427 g/mol. The van der Waals surface area contributed by atoms with Crippen LogP contribution in [0.4, 0.5) is 10.5 Å². The molecule has 0 radical (unpaired) electrons. The summed E-state index contributed by atoms with van der Waals surface area (Å²) in [6.07, 6.45) is -0.563. The summed E-state index contributed by atoms with van der Waals surface area (Å²) in [4.78, 5) is 24.4. The van der Waals surface area contributed by atoms with Gasteiger partial charge in [0, 0.05) is 11.6 Å². The van der Waals surface area contributed by atoms with Gasteiger partial charge in [-0.2, -0.15) is 0 Å². The number of nitrogens with zero attached hydrogens (tertiary/aromatic N) is 4. The Morgan fingerprint density at radius 3 is 2.16 bits per heavy atom. The number of aromatic carboxylic acids is 1. The molecule has 0 fully saturated rings. The number of rotatable bonds is 5. The predicted octanol–water partition coefficient (Wildman–Crippen LogP) is 3.72. The highest BCUT2D eigenvalue weighted by Gasteiger charge is 2.29. The Morgan fingerprint density at radius 1 is 0.938 bits per heavy atom. The molecule has 1 aliphatic rings. The Bertz CT molecular complexity index is 1270. The van der Waals surface area contributed by atoms with Crippen LogP contribution >= 0.6 is 0 Å². The summed E-state index contributed by atoms with van der Waals surface area (Å²) in [7, 11) is 0. The fourth-order valence-electron chi connectivity index (χ4n) is 3.84. The first kappa shape index (κ1) is 19.4. The number of ether oxygens (including phenoxy) is 1. The number of fused-ring (bicyclic) bond motifs is 3. The minimum Gasteiger partial charge on any atom is -0.475 e. The molecular formula is C23H17N5O4. The molecule has 9 nitrogen and oxygen atoms in total. The second-order valence-corrected chi connectivity index (χ2v) is 7.21. The Labute approximate surface area is 182 Å². The topological polar surface area (TPSA) is 119 Å². The molecule has 3 aromatic carbocycles. The molecule has 0 bridgehead atoms. The highest BCUT2D eigenvalue weighted by Crippen LogP contribution is 2.44. The number of tetrazole rings is 1. The number of amides is 1. The van der Waals surface area contributed by atoms with E-state index in [2.05, 4.69) is 45.0 Å². The van der Waals surface area contributed by atoms with Gasteiger partial charge < -0.3 is 9.84 Å². The number of carbonyl (C=O) groups is 2. The van der Waals surface area contributed by atoms with Gasteiger partial charge in [0.05, 0.1) is 5.69 Å². The molecule has 158 valence electrons. The van der Waals surface area contributed by atoms with E-state index in [-0.39, 0.29) is 12.5 Å². The second-order valence-electron chi connectivity index (χ2n) is 7.21. The normalized spacial score (nSPS) is 12.1. The quantitative estimate of drug-likeness (QED) is 0.498. The summed E-state index contributed by atoms with van der Waals surface area (Å²) >= 11 is 0. The van der Waals surface area contributed by atoms with Crippen molar-refractivity contribution in [3.8, 4) is 16.8 Å². The molecule has 1 aliphatic carbocycles. The summed E-state index contributed by atoms with van der Waals surface area (Å²) < 4.78 is 5.53. The Kier molecular flexibility index (Phi) is 4.83. The van der Waals surface area contributed by atoms with E-state index in [1.807, 2.05) is 24.3 Å². The minimum atomic E-state index is -1.26. The molecule has 9 heteroatoms. The number of carboxylic acids is 1. The maximum atomic E-state index is 12.4. The van der Waals surface area contributed by atoms with Crippen molar-refractivity contribution < 1.29 is 19.4 Å². The fraction of sp³-hybridized carbons (Fsp3) is 0.0870. The van der Waals surface area contributed by atoms with Crippen LogP contribution in [0.15, 0.2) is 72.8 Å². The van der Waals surface area contributed by atoms with Crippen LogP contribution in [0.5, 0.6) is 0 Å². The van der Waals surface area contributed by atoms with Crippen LogP contribution in [0.2, 0.25) is 0 Å². The molecule has 5 rings (SSSR count). The molecule has 0 saturated carbocycles. The summed E-state index contributed by atoms with van der Waals surface area (Å²) in [5.74, 6) is -1.67. The summed E-state index contributed by atoms with van der Waals surface area (Å²) in [6, 6.07) is 22.8. The smallest absolute Gasteiger partial charge is 0.411 e. The summed E-state index contributed by atoms with van der Waals surface area (Å²) in [5, 5.41) is 22.5. The van der Waals surface area contributed by atoms with Crippen molar-refractivity contribution >= 4 is 17.7 Å². The van der Waals surface area contributed by atoms with E-state index in [1.165, 1.54) is 11.1 Å². The molecule has 1 aromatic heterocycles. The molecule has 0 spiro atoms. The van der Waals surface area contributed by atoms with Crippen LogP contribution in [0.3, 0.4) is 0 Å². The Balaban J connectivity index is 1.24. The fourth-order valence-corrected chi connectivity index (χ4v) is 3.84. The van der Waals surface area contributed by atoms with Gasteiger partial charge in [-0.3, -0.25) is 5.32 Å². The zero-order chi connectivity index (χ0) is 22.1. The van der Waals surface area contributed by atoms with Gasteiger partial charge in [-0.1, -0.05) is 48.5 Å². The van der Waals surface area contributed by atoms with Crippen LogP contribution in [0, 0.1) is 0 Å². The standard InChI is InChI=1S/C23H17N5O4/c29-22(30)21-25-27-28(26-21)15-11-9-14(10-12-15)24-23(31)32-13-20-18-7-3-1-5-16(18)17-6-2-4-8-19(17)20/h1-12,20H,13H2,(H,24,31)(H,29,30). The zero-order valence-electron chi connectivity index (χ0n) is 16.7. The van der Waals surface area contributed by atoms with E-state index in [0.717, 1.165) is 15.9 Å². The molecule has 4 aromatic rings. The van der Waals surface area contributed by atoms with Gasteiger partial charge in [0.25, 0.3) is 5.82 Å². The molecule has 0 saturated heterocycles. The van der Waals surface area contributed by atoms with E-state index in [0.29, 0.717) is 11.4 Å². The van der Waals surface area contributed by atoms with Gasteiger partial charge in [0.1, 0.15) is 6.61 Å². The largest absolute Gasteiger partial charge is 0.475 e. The van der Waals surface area contributed by atoms with Crippen LogP contribution in [0.1, 0.15) is 27.7 Å². The number of hydrogen-bond acceptors (Lipinski definition) is 6. The Hall–Kier alpha value is -4.53. The first-order valence-electron chi connectivity index (χ1n) is 9.86. The van der Waals surface area contributed by atoms with Gasteiger partial charge in [-0.05, 0) is 51.7 Å². The van der Waals surface area contributed by atoms with Gasteiger partial charge in [0.2, 0.25) is 0 Å². The van der Waals surface area contributed by atoms with Crippen LogP contribution in [0.25, 0.3) is 16.8 Å². The first-order valence-corrected chi connectivity index (χ1v) is 9.86. The third-order valence-corrected chi connectivity index (χ3v) is 5.29. The van der Waals surface area contributed by atoms with Gasteiger partial charge >= 0.3 is 12.1 Å². The van der Waals surface area contributed by atoms with Crippen LogP contribution in [-0.4, -0.2) is 44.0 Å². The number of benzene rings is 3. The van der Waals surface area contributed by atoms with E-state index >= 15 is 0 Å². The molecule has 1 heterocycles. The van der Waals surface area contributed by atoms with E-state index in [4.69, 9.17) is 9.84 Å². The Morgan fingerprint density at radius 2 is 1.56 bits per heavy atom. The van der Waals surface area contributed by atoms with Crippen LogP contribution in [-0.2, 0) is 4.74 Å². The number of hydrogen-bond donors (Lipinski definition) is 2. The minimum absolute atomic E-state index is 0.0163. The SMILES string of the molecule is O=C(Nc1ccc(-n2nnc(C(=O)O)n2)cc1)OCC1c2ccccc2-c2ccccc21. The number of carboxylic acid groups (broad SMARTS) is 1. The van der Waals surface area contributed by atoms with Gasteiger partial charge in [-0.25, -0.2) is 9.59 Å². The van der Waals surface area contributed by atoms with Crippen molar-refractivity contribution in [2.24, 2.45) is 0 Å². The van der Waals surface area contributed by atoms with E-state index < -0.39 is 17.9 Å². The number of carbonyl (C=O) groups excluding carboxylic acids is 1. The highest BCUT2D eigenvalue weighted by atomic mass is 16.5. The van der Waals surface area contributed by atoms with Crippen molar-refractivity contribution in [2.45, 2.75) is 5.92 Å². The maximum absolute atomic E-state index is 12.4. The van der Waals surface area contributed by atoms with Crippen molar-refractivity contribution in [1.82, 2.24) is 20.2 Å². The lowest BCUT2D eigenvalue weighted by atomic mass is 9.98. The molecule has 0 aliphatic heterocycles. The summed E-state index contributed by atoms with van der Waals surface area (Å²) in [5.41, 5.74) is 5.65. The van der Waals surface area contributed by atoms with Crippen molar-refractivity contribution in [1.29, 1.82) is 0 Å². The van der Waals surface area contributed by atoms with Crippen molar-refractivity contribution in [3.05, 3.63) is 89.7 Å². The number of aromatic nitrogens is 4. The third kappa shape index (κ3) is 3.56. The molecule has 1 amide bonds.